The van der Waals surface area contributed by atoms with Gasteiger partial charge in [0, 0.05) is 19.2 Å². The highest BCUT2D eigenvalue weighted by atomic mass is 35.5. The van der Waals surface area contributed by atoms with Crippen molar-refractivity contribution in [1.29, 1.82) is 0 Å². The van der Waals surface area contributed by atoms with Gasteiger partial charge in [-0.3, -0.25) is 4.79 Å². The number of carbonyl (C=O) groups is 1. The Bertz CT molecular complexity index is 547. The molecule has 1 heterocycles. The second-order valence-corrected chi connectivity index (χ2v) is 6.79. The topological polar surface area (TPSA) is 55.6 Å². The van der Waals surface area contributed by atoms with E-state index >= 15 is 0 Å². The van der Waals surface area contributed by atoms with Gasteiger partial charge in [-0.2, -0.15) is 0 Å². The standard InChI is InChI=1S/C16H23ClN2O2.ClH/c1-16(2)5-4-7-19(8-6-16)15(20)11-9-12(17)13(18)10-14(11)21-3;/h9-10H,4-8,18H2,1-3H3;1H. The second kappa shape index (κ2) is 7.42. The Balaban J connectivity index is 0.00000242. The number of hydrogen-bond acceptors (Lipinski definition) is 3. The number of amides is 1. The minimum atomic E-state index is -0.0357. The van der Waals surface area contributed by atoms with Gasteiger partial charge >= 0.3 is 0 Å². The molecule has 4 nitrogen and oxygen atoms in total. The summed E-state index contributed by atoms with van der Waals surface area (Å²) in [6.07, 6.45) is 3.16. The summed E-state index contributed by atoms with van der Waals surface area (Å²) in [5, 5.41) is 0.384. The fourth-order valence-electron chi connectivity index (χ4n) is 2.70. The van der Waals surface area contributed by atoms with Gasteiger partial charge in [-0.05, 0) is 30.7 Å². The lowest BCUT2D eigenvalue weighted by molar-refractivity contribution is 0.0754. The van der Waals surface area contributed by atoms with E-state index < -0.39 is 0 Å². The number of ether oxygens (including phenoxy) is 1. The van der Waals surface area contributed by atoms with E-state index in [4.69, 9.17) is 22.1 Å². The molecule has 1 aromatic carbocycles. The SMILES string of the molecule is COc1cc(N)c(Cl)cc1C(=O)N1CCCC(C)(C)CC1.Cl. The molecule has 2 rings (SSSR count). The lowest BCUT2D eigenvalue weighted by Crippen LogP contribution is -2.32. The van der Waals surface area contributed by atoms with Crippen molar-refractivity contribution in [2.75, 3.05) is 25.9 Å². The molecule has 0 bridgehead atoms. The Morgan fingerprint density at radius 1 is 1.32 bits per heavy atom. The molecule has 0 atom stereocenters. The normalized spacial score (nSPS) is 17.4. The number of likely N-dealkylation sites (tertiary alicyclic amines) is 1. The average Bonchev–Trinajstić information content (AvgIpc) is 2.61. The third-order valence-corrected chi connectivity index (χ3v) is 4.50. The summed E-state index contributed by atoms with van der Waals surface area (Å²) < 4.78 is 5.28. The van der Waals surface area contributed by atoms with Gasteiger partial charge in [-0.15, -0.1) is 12.4 Å². The van der Waals surface area contributed by atoms with Crippen LogP contribution in [0.2, 0.25) is 5.02 Å². The molecule has 0 unspecified atom stereocenters. The van der Waals surface area contributed by atoms with E-state index in [1.54, 1.807) is 12.1 Å². The number of hydrogen-bond donors (Lipinski definition) is 1. The van der Waals surface area contributed by atoms with Crippen LogP contribution in [0.5, 0.6) is 5.75 Å². The predicted molar refractivity (Wildman–Crippen MR) is 93.2 cm³/mol. The predicted octanol–water partition coefficient (Wildman–Crippen LogP) is 4.00. The number of rotatable bonds is 2. The Kier molecular flexibility index (Phi) is 6.38. The monoisotopic (exact) mass is 346 g/mol. The molecule has 2 N–H and O–H groups in total. The van der Waals surface area contributed by atoms with Gasteiger partial charge < -0.3 is 15.4 Å². The average molecular weight is 347 g/mol. The number of nitrogens with two attached hydrogens (primary N) is 1. The molecule has 1 saturated heterocycles. The van der Waals surface area contributed by atoms with E-state index in [0.29, 0.717) is 22.0 Å². The summed E-state index contributed by atoms with van der Waals surface area (Å²) in [4.78, 5) is 14.6. The molecule has 0 saturated carbocycles. The first kappa shape index (κ1) is 18.9. The second-order valence-electron chi connectivity index (χ2n) is 6.38. The van der Waals surface area contributed by atoms with Crippen molar-refractivity contribution in [1.82, 2.24) is 4.90 Å². The molecule has 124 valence electrons. The van der Waals surface area contributed by atoms with Crippen molar-refractivity contribution >= 4 is 35.6 Å². The molecule has 0 aromatic heterocycles. The number of methoxy groups -OCH3 is 1. The maximum absolute atomic E-state index is 12.8. The lowest BCUT2D eigenvalue weighted by Gasteiger charge is -2.24. The third-order valence-electron chi connectivity index (χ3n) is 4.18. The summed E-state index contributed by atoms with van der Waals surface area (Å²) in [7, 11) is 1.53. The van der Waals surface area contributed by atoms with Gasteiger partial charge in [0.2, 0.25) is 0 Å². The zero-order chi connectivity index (χ0) is 15.6. The van der Waals surface area contributed by atoms with Gasteiger partial charge in [0.05, 0.1) is 23.4 Å². The first-order valence-corrected chi connectivity index (χ1v) is 7.64. The number of benzene rings is 1. The molecule has 1 aromatic rings. The van der Waals surface area contributed by atoms with Crippen molar-refractivity contribution in [3.8, 4) is 5.75 Å². The molecule has 1 amide bonds. The molecule has 0 radical (unpaired) electrons. The van der Waals surface area contributed by atoms with Gasteiger partial charge in [0.1, 0.15) is 5.75 Å². The van der Waals surface area contributed by atoms with Crippen molar-refractivity contribution in [2.24, 2.45) is 5.41 Å². The van der Waals surface area contributed by atoms with E-state index in [-0.39, 0.29) is 23.7 Å². The van der Waals surface area contributed by atoms with E-state index in [9.17, 15) is 4.79 Å². The molecular weight excluding hydrogens is 323 g/mol. The van der Waals surface area contributed by atoms with Crippen LogP contribution < -0.4 is 10.5 Å². The highest BCUT2D eigenvalue weighted by molar-refractivity contribution is 6.33. The van der Waals surface area contributed by atoms with E-state index in [0.717, 1.165) is 32.4 Å². The van der Waals surface area contributed by atoms with Crippen LogP contribution in [-0.2, 0) is 0 Å². The number of halogens is 2. The molecule has 6 heteroatoms. The molecule has 1 aliphatic rings. The fourth-order valence-corrected chi connectivity index (χ4v) is 2.87. The lowest BCUT2D eigenvalue weighted by atomic mass is 9.85. The van der Waals surface area contributed by atoms with Gasteiger partial charge in [-0.25, -0.2) is 0 Å². The summed E-state index contributed by atoms with van der Waals surface area (Å²) >= 11 is 6.05. The quantitative estimate of drug-likeness (QED) is 0.823. The third kappa shape index (κ3) is 4.20. The zero-order valence-electron chi connectivity index (χ0n) is 13.3. The number of nitrogens with zero attached hydrogens (tertiary/aromatic N) is 1. The maximum atomic E-state index is 12.8. The smallest absolute Gasteiger partial charge is 0.257 e. The van der Waals surface area contributed by atoms with Crippen LogP contribution >= 0.6 is 24.0 Å². The van der Waals surface area contributed by atoms with E-state index in [2.05, 4.69) is 13.8 Å². The van der Waals surface area contributed by atoms with E-state index in [1.165, 1.54) is 7.11 Å². The Morgan fingerprint density at radius 3 is 2.64 bits per heavy atom. The number of carbonyl (C=O) groups excluding carboxylic acids is 1. The van der Waals surface area contributed by atoms with Crippen LogP contribution in [0.4, 0.5) is 5.69 Å². The number of anilines is 1. The molecular formula is C16H24Cl2N2O2. The Morgan fingerprint density at radius 2 is 2.00 bits per heavy atom. The summed E-state index contributed by atoms with van der Waals surface area (Å²) in [6, 6.07) is 3.21. The van der Waals surface area contributed by atoms with Crippen LogP contribution in [0.25, 0.3) is 0 Å². The highest BCUT2D eigenvalue weighted by Gasteiger charge is 2.27. The molecule has 1 fully saturated rings. The summed E-state index contributed by atoms with van der Waals surface area (Å²) in [6.45, 7) is 6.04. The largest absolute Gasteiger partial charge is 0.496 e. The Hall–Kier alpha value is -1.13. The summed E-state index contributed by atoms with van der Waals surface area (Å²) in [5.41, 5.74) is 6.96. The minimum Gasteiger partial charge on any atom is -0.496 e. The van der Waals surface area contributed by atoms with Crippen LogP contribution in [0.1, 0.15) is 43.5 Å². The number of nitrogen functional groups attached to an aromatic ring is 1. The van der Waals surface area contributed by atoms with Crippen molar-refractivity contribution in [3.63, 3.8) is 0 Å². The van der Waals surface area contributed by atoms with E-state index in [1.807, 2.05) is 4.90 Å². The molecule has 22 heavy (non-hydrogen) atoms. The maximum Gasteiger partial charge on any atom is 0.257 e. The van der Waals surface area contributed by atoms with Gasteiger partial charge in [0.25, 0.3) is 5.91 Å². The Labute approximate surface area is 143 Å². The first-order valence-electron chi connectivity index (χ1n) is 7.26. The van der Waals surface area contributed by atoms with Crippen LogP contribution in [0, 0.1) is 5.41 Å². The highest BCUT2D eigenvalue weighted by Crippen LogP contribution is 2.33. The van der Waals surface area contributed by atoms with Crippen molar-refractivity contribution in [2.45, 2.75) is 33.1 Å². The molecule has 0 spiro atoms. The van der Waals surface area contributed by atoms with Gasteiger partial charge in [0.15, 0.2) is 0 Å². The first-order chi connectivity index (χ1) is 9.84. The summed E-state index contributed by atoms with van der Waals surface area (Å²) in [5.74, 6) is 0.442. The van der Waals surface area contributed by atoms with Crippen LogP contribution in [0.15, 0.2) is 12.1 Å². The van der Waals surface area contributed by atoms with Crippen LogP contribution in [0.3, 0.4) is 0 Å². The molecule has 1 aliphatic heterocycles. The molecule has 0 aliphatic carbocycles. The van der Waals surface area contributed by atoms with Gasteiger partial charge in [-0.1, -0.05) is 25.4 Å². The fraction of sp³-hybridized carbons (Fsp3) is 0.562. The van der Waals surface area contributed by atoms with Crippen molar-refractivity contribution in [3.05, 3.63) is 22.7 Å². The minimum absolute atomic E-state index is 0. The zero-order valence-corrected chi connectivity index (χ0v) is 14.9. The van der Waals surface area contributed by atoms with Crippen LogP contribution in [-0.4, -0.2) is 31.0 Å². The van der Waals surface area contributed by atoms with Crippen molar-refractivity contribution < 1.29 is 9.53 Å².